The van der Waals surface area contributed by atoms with Gasteiger partial charge in [0.2, 0.25) is 0 Å². The molecule has 1 atom stereocenters. The fourth-order valence-corrected chi connectivity index (χ4v) is 0.992. The highest BCUT2D eigenvalue weighted by atomic mass is 15.3. The van der Waals surface area contributed by atoms with Crippen LogP contribution in [0.25, 0.3) is 0 Å². The molecule has 0 aromatic carbocycles. The fraction of sp³-hybridized carbons (Fsp3) is 0.556. The van der Waals surface area contributed by atoms with E-state index in [9.17, 15) is 0 Å². The van der Waals surface area contributed by atoms with Crippen LogP contribution in [0.5, 0.6) is 0 Å². The van der Waals surface area contributed by atoms with E-state index in [2.05, 4.69) is 21.3 Å². The molecular weight excluding hydrogens is 164 g/mol. The van der Waals surface area contributed by atoms with E-state index in [1.807, 2.05) is 18.5 Å². The van der Waals surface area contributed by atoms with E-state index in [1.54, 1.807) is 6.33 Å². The Morgan fingerprint density at radius 1 is 1.77 bits per heavy atom. The van der Waals surface area contributed by atoms with Crippen molar-refractivity contribution >= 4 is 0 Å². The predicted molar refractivity (Wildman–Crippen MR) is 50.8 cm³/mol. The third-order valence-electron chi connectivity index (χ3n) is 1.81. The van der Waals surface area contributed by atoms with Crippen LogP contribution in [0.4, 0.5) is 0 Å². The molecule has 1 heterocycles. The van der Waals surface area contributed by atoms with Crippen LogP contribution in [0.15, 0.2) is 6.33 Å². The van der Waals surface area contributed by atoms with E-state index >= 15 is 0 Å². The Balaban J connectivity index is 2.50. The topological polar surface area (TPSA) is 42.7 Å². The van der Waals surface area contributed by atoms with Crippen LogP contribution < -0.4 is 5.32 Å². The molecule has 0 saturated carbocycles. The maximum atomic E-state index is 5.23. The first kappa shape index (κ1) is 9.75. The van der Waals surface area contributed by atoms with Gasteiger partial charge in [-0.05, 0) is 13.8 Å². The first-order valence-electron chi connectivity index (χ1n) is 4.34. The molecule has 4 heteroatoms. The quantitative estimate of drug-likeness (QED) is 0.679. The molecule has 0 amide bonds. The molecule has 0 spiro atoms. The zero-order valence-corrected chi connectivity index (χ0v) is 7.99. The van der Waals surface area contributed by atoms with Crippen LogP contribution in [-0.4, -0.2) is 20.8 Å². The minimum absolute atomic E-state index is 0.0713. The normalized spacial score (nSPS) is 12.4. The second-order valence-corrected chi connectivity index (χ2v) is 2.76. The van der Waals surface area contributed by atoms with Crippen molar-refractivity contribution in [2.45, 2.75) is 33.0 Å². The number of nitrogens with one attached hydrogen (secondary N) is 1. The summed E-state index contributed by atoms with van der Waals surface area (Å²) in [5.41, 5.74) is 0. The van der Waals surface area contributed by atoms with Crippen molar-refractivity contribution in [3.8, 4) is 12.3 Å². The molecule has 70 valence electrons. The largest absolute Gasteiger partial charge is 0.297 e. The number of aromatic nitrogens is 3. The number of rotatable bonds is 4. The summed E-state index contributed by atoms with van der Waals surface area (Å²) in [4.78, 5) is 4.11. The van der Waals surface area contributed by atoms with Crippen LogP contribution in [0.3, 0.4) is 0 Å². The van der Waals surface area contributed by atoms with Gasteiger partial charge in [-0.3, -0.25) is 5.32 Å². The van der Waals surface area contributed by atoms with Crippen molar-refractivity contribution < 1.29 is 0 Å². The van der Waals surface area contributed by atoms with Crippen LogP contribution in [0, 0.1) is 12.3 Å². The Bertz CT molecular complexity index is 297. The van der Waals surface area contributed by atoms with Gasteiger partial charge in [0, 0.05) is 6.54 Å². The van der Waals surface area contributed by atoms with Gasteiger partial charge in [-0.1, -0.05) is 5.92 Å². The lowest BCUT2D eigenvalue weighted by Crippen LogP contribution is -2.25. The minimum atomic E-state index is 0.0713. The SMILES string of the molecule is C#CC(C)NCc1ncnn1CC. The minimum Gasteiger partial charge on any atom is -0.297 e. The van der Waals surface area contributed by atoms with Gasteiger partial charge in [-0.15, -0.1) is 6.42 Å². The highest BCUT2D eigenvalue weighted by Crippen LogP contribution is 1.93. The second kappa shape index (κ2) is 4.63. The number of nitrogens with zero attached hydrogens (tertiary/aromatic N) is 3. The molecule has 1 unspecified atom stereocenters. The Hall–Kier alpha value is -1.34. The van der Waals surface area contributed by atoms with E-state index in [0.717, 1.165) is 12.4 Å². The molecule has 1 aromatic rings. The lowest BCUT2D eigenvalue weighted by Gasteiger charge is -2.07. The van der Waals surface area contributed by atoms with Crippen molar-refractivity contribution in [1.29, 1.82) is 0 Å². The van der Waals surface area contributed by atoms with Gasteiger partial charge in [0.15, 0.2) is 0 Å². The summed E-state index contributed by atoms with van der Waals surface area (Å²) in [5.74, 6) is 3.52. The number of terminal acetylenes is 1. The Morgan fingerprint density at radius 2 is 2.54 bits per heavy atom. The first-order chi connectivity index (χ1) is 6.27. The third-order valence-corrected chi connectivity index (χ3v) is 1.81. The molecule has 13 heavy (non-hydrogen) atoms. The van der Waals surface area contributed by atoms with E-state index in [4.69, 9.17) is 6.42 Å². The van der Waals surface area contributed by atoms with Crippen LogP contribution in [-0.2, 0) is 13.1 Å². The molecule has 0 fully saturated rings. The Morgan fingerprint density at radius 3 is 3.15 bits per heavy atom. The number of hydrogen-bond donors (Lipinski definition) is 1. The molecule has 1 N–H and O–H groups in total. The molecule has 1 aromatic heterocycles. The summed E-state index contributed by atoms with van der Waals surface area (Å²) in [5, 5.41) is 7.20. The monoisotopic (exact) mass is 178 g/mol. The van der Waals surface area contributed by atoms with Crippen LogP contribution in [0.2, 0.25) is 0 Å². The maximum Gasteiger partial charge on any atom is 0.140 e. The zero-order chi connectivity index (χ0) is 9.68. The molecule has 0 radical (unpaired) electrons. The molecule has 0 saturated heterocycles. The van der Waals surface area contributed by atoms with E-state index in [0.29, 0.717) is 6.54 Å². The highest BCUT2D eigenvalue weighted by molar-refractivity contribution is 4.97. The lowest BCUT2D eigenvalue weighted by molar-refractivity contribution is 0.558. The summed E-state index contributed by atoms with van der Waals surface area (Å²) in [6.07, 6.45) is 6.78. The van der Waals surface area contributed by atoms with Crippen LogP contribution in [0.1, 0.15) is 19.7 Å². The Kier molecular flexibility index (Phi) is 3.47. The van der Waals surface area contributed by atoms with Crippen LogP contribution >= 0.6 is 0 Å². The van der Waals surface area contributed by atoms with Crippen molar-refractivity contribution in [1.82, 2.24) is 20.1 Å². The molecule has 0 aliphatic heterocycles. The van der Waals surface area contributed by atoms with Crippen molar-refractivity contribution in [3.05, 3.63) is 12.2 Å². The van der Waals surface area contributed by atoms with Crippen molar-refractivity contribution in [2.24, 2.45) is 0 Å². The van der Waals surface area contributed by atoms with Crippen molar-refractivity contribution in [3.63, 3.8) is 0 Å². The number of aryl methyl sites for hydroxylation is 1. The Labute approximate surface area is 78.4 Å². The third kappa shape index (κ3) is 2.56. The van der Waals surface area contributed by atoms with Crippen molar-refractivity contribution in [2.75, 3.05) is 0 Å². The van der Waals surface area contributed by atoms with Gasteiger partial charge in [0.05, 0.1) is 12.6 Å². The van der Waals surface area contributed by atoms with Gasteiger partial charge >= 0.3 is 0 Å². The zero-order valence-electron chi connectivity index (χ0n) is 7.99. The average molecular weight is 178 g/mol. The molecular formula is C9H14N4. The van der Waals surface area contributed by atoms with Gasteiger partial charge in [0.25, 0.3) is 0 Å². The molecule has 1 rings (SSSR count). The van der Waals surface area contributed by atoms with Gasteiger partial charge in [-0.25, -0.2) is 9.67 Å². The molecule has 0 bridgehead atoms. The predicted octanol–water partition coefficient (Wildman–Crippen LogP) is 0.409. The average Bonchev–Trinajstić information content (AvgIpc) is 2.61. The van der Waals surface area contributed by atoms with Gasteiger partial charge in [-0.2, -0.15) is 5.10 Å². The standard InChI is InChI=1S/C9H14N4/c1-4-8(3)10-6-9-11-7-12-13(9)5-2/h1,7-8,10H,5-6H2,2-3H3. The summed E-state index contributed by atoms with van der Waals surface area (Å²) in [6, 6.07) is 0.0713. The highest BCUT2D eigenvalue weighted by Gasteiger charge is 2.02. The smallest absolute Gasteiger partial charge is 0.140 e. The summed E-state index contributed by atoms with van der Waals surface area (Å²) in [7, 11) is 0. The van der Waals surface area contributed by atoms with E-state index < -0.39 is 0 Å². The second-order valence-electron chi connectivity index (χ2n) is 2.76. The molecule has 4 nitrogen and oxygen atoms in total. The summed E-state index contributed by atoms with van der Waals surface area (Å²) >= 11 is 0. The number of hydrogen-bond acceptors (Lipinski definition) is 3. The molecule has 0 aliphatic carbocycles. The maximum absolute atomic E-state index is 5.23. The summed E-state index contributed by atoms with van der Waals surface area (Å²) < 4.78 is 1.84. The first-order valence-corrected chi connectivity index (χ1v) is 4.34. The van der Waals surface area contributed by atoms with E-state index in [1.165, 1.54) is 0 Å². The van der Waals surface area contributed by atoms with Gasteiger partial charge in [0.1, 0.15) is 12.2 Å². The molecule has 0 aliphatic rings. The van der Waals surface area contributed by atoms with E-state index in [-0.39, 0.29) is 6.04 Å². The van der Waals surface area contributed by atoms with Gasteiger partial charge < -0.3 is 0 Å². The summed E-state index contributed by atoms with van der Waals surface area (Å²) in [6.45, 7) is 5.47. The fourth-order valence-electron chi connectivity index (χ4n) is 0.992. The lowest BCUT2D eigenvalue weighted by atomic mass is 10.3.